The first kappa shape index (κ1) is 20.4. The summed E-state index contributed by atoms with van der Waals surface area (Å²) in [5.41, 5.74) is 3.36. The molecule has 0 unspecified atom stereocenters. The first-order valence-corrected chi connectivity index (χ1v) is 9.09. The van der Waals surface area contributed by atoms with E-state index in [1.807, 2.05) is 42.2 Å². The number of carbonyl (C=O) groups is 1. The average Bonchev–Trinajstić information content (AvgIpc) is 3.40. The van der Waals surface area contributed by atoms with Crippen molar-refractivity contribution in [2.45, 2.75) is 32.7 Å². The number of methoxy groups -OCH3 is 1. The van der Waals surface area contributed by atoms with Crippen LogP contribution in [0, 0.1) is 18.3 Å². The van der Waals surface area contributed by atoms with E-state index in [1.54, 1.807) is 13.2 Å². The van der Waals surface area contributed by atoms with Gasteiger partial charge in [0.25, 0.3) is 0 Å². The van der Waals surface area contributed by atoms with Gasteiger partial charge in [-0.3, -0.25) is 0 Å². The molecule has 4 heteroatoms. The number of aliphatic carboxylic acids is 1. The SMILES string of the molecule is C#C/C=C\C.C=C1CN(Cc2cccc(OC)c2)C(C(=O)O)=C1CC1CC1. The van der Waals surface area contributed by atoms with E-state index >= 15 is 0 Å². The fourth-order valence-electron chi connectivity index (χ4n) is 3.10. The van der Waals surface area contributed by atoms with Gasteiger partial charge >= 0.3 is 5.97 Å². The summed E-state index contributed by atoms with van der Waals surface area (Å²) in [6.45, 7) is 7.14. The Kier molecular flexibility index (Phi) is 7.31. The first-order valence-electron chi connectivity index (χ1n) is 9.09. The quantitative estimate of drug-likeness (QED) is 0.759. The molecule has 0 aromatic heterocycles. The predicted molar refractivity (Wildman–Crippen MR) is 108 cm³/mol. The fourth-order valence-corrected chi connectivity index (χ4v) is 3.10. The van der Waals surface area contributed by atoms with Gasteiger partial charge in [-0.1, -0.05) is 30.7 Å². The van der Waals surface area contributed by atoms with Crippen molar-refractivity contribution in [2.24, 2.45) is 5.92 Å². The molecule has 0 spiro atoms. The molecular weight excluding hydrogens is 338 g/mol. The molecule has 2 aliphatic rings. The van der Waals surface area contributed by atoms with Crippen molar-refractivity contribution in [3.63, 3.8) is 0 Å². The van der Waals surface area contributed by atoms with Crippen LogP contribution in [-0.4, -0.2) is 29.6 Å². The Balaban J connectivity index is 0.000000465. The highest BCUT2D eigenvalue weighted by Gasteiger charge is 2.34. The number of terminal acetylenes is 1. The number of allylic oxidation sites excluding steroid dienone is 2. The summed E-state index contributed by atoms with van der Waals surface area (Å²) in [6.07, 6.45) is 11.5. The second kappa shape index (κ2) is 9.68. The third-order valence-corrected chi connectivity index (χ3v) is 4.57. The van der Waals surface area contributed by atoms with Crippen molar-refractivity contribution in [2.75, 3.05) is 13.7 Å². The standard InChI is InChI=1S/C18H21NO3.C5H6/c1-12-10-19(11-14-4-3-5-15(8-14)22-2)17(18(20)21)16(12)9-13-6-7-13;1-3-5-4-2/h3-5,8,13H,1,6-7,9-11H2,2H3,(H,20,21);1,4-5H,2H3/b;5-4-. The molecule has 0 bridgehead atoms. The van der Waals surface area contributed by atoms with E-state index < -0.39 is 5.97 Å². The molecular formula is C23H27NO3. The lowest BCUT2D eigenvalue weighted by Crippen LogP contribution is -2.24. The van der Waals surface area contributed by atoms with E-state index in [1.165, 1.54) is 12.8 Å². The number of benzene rings is 1. The molecule has 27 heavy (non-hydrogen) atoms. The molecule has 0 saturated heterocycles. The van der Waals surface area contributed by atoms with Crippen molar-refractivity contribution >= 4 is 5.97 Å². The van der Waals surface area contributed by atoms with E-state index in [2.05, 4.69) is 12.5 Å². The Morgan fingerprint density at radius 1 is 1.48 bits per heavy atom. The highest BCUT2D eigenvalue weighted by Crippen LogP contribution is 2.41. The molecule has 1 saturated carbocycles. The molecule has 1 aromatic carbocycles. The number of ether oxygens (including phenoxy) is 1. The van der Waals surface area contributed by atoms with Crippen molar-refractivity contribution in [1.29, 1.82) is 0 Å². The Labute approximate surface area is 161 Å². The van der Waals surface area contributed by atoms with Gasteiger partial charge in [0, 0.05) is 13.1 Å². The van der Waals surface area contributed by atoms with Crippen molar-refractivity contribution in [3.8, 4) is 18.1 Å². The van der Waals surface area contributed by atoms with Crippen LogP contribution in [0.1, 0.15) is 31.7 Å². The number of carboxylic acid groups (broad SMARTS) is 1. The van der Waals surface area contributed by atoms with Gasteiger partial charge in [0.15, 0.2) is 0 Å². The van der Waals surface area contributed by atoms with Crippen molar-refractivity contribution in [3.05, 3.63) is 65.4 Å². The van der Waals surface area contributed by atoms with Crippen LogP contribution < -0.4 is 4.74 Å². The minimum absolute atomic E-state index is 0.430. The van der Waals surface area contributed by atoms with E-state index in [0.29, 0.717) is 24.7 Å². The van der Waals surface area contributed by atoms with Crippen LogP contribution in [-0.2, 0) is 11.3 Å². The summed E-state index contributed by atoms with van der Waals surface area (Å²) < 4.78 is 5.23. The molecule has 0 amide bonds. The zero-order valence-electron chi connectivity index (χ0n) is 16.1. The first-order chi connectivity index (χ1) is 13.0. The summed E-state index contributed by atoms with van der Waals surface area (Å²) in [5, 5.41) is 9.62. The highest BCUT2D eigenvalue weighted by atomic mass is 16.5. The van der Waals surface area contributed by atoms with Gasteiger partial charge in [-0.05, 0) is 67.0 Å². The zero-order valence-corrected chi connectivity index (χ0v) is 16.1. The second-order valence-corrected chi connectivity index (χ2v) is 6.76. The molecule has 1 N–H and O–H groups in total. The number of hydrogen-bond acceptors (Lipinski definition) is 3. The lowest BCUT2D eigenvalue weighted by atomic mass is 10.0. The van der Waals surface area contributed by atoms with Gasteiger partial charge in [-0.2, -0.15) is 0 Å². The second-order valence-electron chi connectivity index (χ2n) is 6.76. The van der Waals surface area contributed by atoms with Crippen LogP contribution in [0.3, 0.4) is 0 Å². The molecule has 1 heterocycles. The van der Waals surface area contributed by atoms with E-state index in [9.17, 15) is 9.90 Å². The van der Waals surface area contributed by atoms with Gasteiger partial charge in [0.05, 0.1) is 7.11 Å². The van der Waals surface area contributed by atoms with E-state index in [4.69, 9.17) is 11.2 Å². The predicted octanol–water partition coefficient (Wildman–Crippen LogP) is 4.40. The number of nitrogens with zero attached hydrogens (tertiary/aromatic N) is 1. The molecule has 3 rings (SSSR count). The molecule has 4 nitrogen and oxygen atoms in total. The van der Waals surface area contributed by atoms with Crippen molar-refractivity contribution < 1.29 is 14.6 Å². The van der Waals surface area contributed by atoms with Gasteiger partial charge in [-0.15, -0.1) is 6.42 Å². The Morgan fingerprint density at radius 3 is 2.74 bits per heavy atom. The van der Waals surface area contributed by atoms with Crippen LogP contribution in [0.2, 0.25) is 0 Å². The largest absolute Gasteiger partial charge is 0.497 e. The third kappa shape index (κ3) is 5.79. The highest BCUT2D eigenvalue weighted by molar-refractivity contribution is 5.89. The van der Waals surface area contributed by atoms with Crippen molar-refractivity contribution in [1.82, 2.24) is 4.90 Å². The maximum Gasteiger partial charge on any atom is 0.352 e. The average molecular weight is 365 g/mol. The Morgan fingerprint density at radius 2 is 2.22 bits per heavy atom. The summed E-state index contributed by atoms with van der Waals surface area (Å²) in [6, 6.07) is 7.75. The summed E-state index contributed by atoms with van der Waals surface area (Å²) in [7, 11) is 1.63. The van der Waals surface area contributed by atoms with Gasteiger partial charge in [-0.25, -0.2) is 4.79 Å². The lowest BCUT2D eigenvalue weighted by molar-refractivity contribution is -0.134. The number of rotatable bonds is 6. The summed E-state index contributed by atoms with van der Waals surface area (Å²) in [5.74, 6) is 2.92. The maximum atomic E-state index is 11.7. The smallest absolute Gasteiger partial charge is 0.352 e. The Bertz CT molecular complexity index is 794. The molecule has 0 radical (unpaired) electrons. The van der Waals surface area contributed by atoms with E-state index in [0.717, 1.165) is 28.9 Å². The molecule has 1 aromatic rings. The van der Waals surface area contributed by atoms with Crippen LogP contribution in [0.5, 0.6) is 5.75 Å². The Hall–Kier alpha value is -2.93. The maximum absolute atomic E-state index is 11.7. The molecule has 1 aliphatic carbocycles. The van der Waals surface area contributed by atoms with Gasteiger partial charge in [0.2, 0.25) is 0 Å². The number of hydrogen-bond donors (Lipinski definition) is 1. The minimum atomic E-state index is -0.850. The van der Waals surface area contributed by atoms with E-state index in [-0.39, 0.29) is 0 Å². The molecule has 142 valence electrons. The van der Waals surface area contributed by atoms with Gasteiger partial charge < -0.3 is 14.7 Å². The monoisotopic (exact) mass is 365 g/mol. The normalized spacial score (nSPS) is 16.2. The minimum Gasteiger partial charge on any atom is -0.497 e. The molecule has 0 atom stereocenters. The van der Waals surface area contributed by atoms with Crippen LogP contribution in [0.4, 0.5) is 0 Å². The number of carboxylic acids is 1. The van der Waals surface area contributed by atoms with Gasteiger partial charge in [0.1, 0.15) is 11.4 Å². The molecule has 1 fully saturated rings. The fraction of sp³-hybridized carbons (Fsp3) is 0.348. The van der Waals surface area contributed by atoms with Crippen LogP contribution in [0.15, 0.2) is 59.8 Å². The lowest BCUT2D eigenvalue weighted by Gasteiger charge is -2.20. The van der Waals surface area contributed by atoms with Crippen LogP contribution in [0.25, 0.3) is 0 Å². The summed E-state index contributed by atoms with van der Waals surface area (Å²) >= 11 is 0. The zero-order chi connectivity index (χ0) is 19.8. The topological polar surface area (TPSA) is 49.8 Å². The molecule has 1 aliphatic heterocycles. The van der Waals surface area contributed by atoms with Crippen LogP contribution >= 0.6 is 0 Å². The third-order valence-electron chi connectivity index (χ3n) is 4.57. The summed E-state index contributed by atoms with van der Waals surface area (Å²) in [4.78, 5) is 13.6.